The van der Waals surface area contributed by atoms with Crippen molar-refractivity contribution < 1.29 is 9.72 Å². The normalized spacial score (nSPS) is 10.3. The monoisotopic (exact) mass is 311 g/mol. The smallest absolute Gasteiger partial charge is 0.288 e. The molecule has 104 valence electrons. The standard InChI is InChI=1S/C12H10ClN3O3S/c1-7-15-9(6-20-7)5-14-12(17)8-2-3-10(13)11(4-8)16(18)19/h2-4,6H,5H2,1H3,(H,14,17). The fourth-order valence-electron chi connectivity index (χ4n) is 1.56. The lowest BCUT2D eigenvalue weighted by atomic mass is 10.2. The van der Waals surface area contributed by atoms with Gasteiger partial charge in [0, 0.05) is 17.0 Å². The first-order valence-corrected chi connectivity index (χ1v) is 6.86. The van der Waals surface area contributed by atoms with Gasteiger partial charge in [0.05, 0.1) is 22.2 Å². The van der Waals surface area contributed by atoms with Crippen molar-refractivity contribution in [1.29, 1.82) is 0 Å². The highest BCUT2D eigenvalue weighted by Crippen LogP contribution is 2.25. The fraction of sp³-hybridized carbons (Fsp3) is 0.167. The molecule has 0 atom stereocenters. The van der Waals surface area contributed by atoms with Gasteiger partial charge in [-0.05, 0) is 19.1 Å². The van der Waals surface area contributed by atoms with Crippen molar-refractivity contribution in [3.63, 3.8) is 0 Å². The number of benzene rings is 1. The number of hydrogen-bond acceptors (Lipinski definition) is 5. The van der Waals surface area contributed by atoms with Crippen LogP contribution in [0, 0.1) is 17.0 Å². The third kappa shape index (κ3) is 3.31. The van der Waals surface area contributed by atoms with Crippen molar-refractivity contribution in [2.75, 3.05) is 0 Å². The van der Waals surface area contributed by atoms with Gasteiger partial charge in [0.25, 0.3) is 11.6 Å². The van der Waals surface area contributed by atoms with E-state index in [0.29, 0.717) is 0 Å². The van der Waals surface area contributed by atoms with Crippen LogP contribution in [0.4, 0.5) is 5.69 Å². The lowest BCUT2D eigenvalue weighted by Crippen LogP contribution is -2.23. The molecule has 6 nitrogen and oxygen atoms in total. The van der Waals surface area contributed by atoms with Gasteiger partial charge in [0.15, 0.2) is 0 Å². The van der Waals surface area contributed by atoms with Crippen LogP contribution in [-0.4, -0.2) is 15.8 Å². The Morgan fingerprint density at radius 3 is 2.90 bits per heavy atom. The first kappa shape index (κ1) is 14.4. The van der Waals surface area contributed by atoms with Crippen molar-refractivity contribution in [1.82, 2.24) is 10.3 Å². The molecule has 8 heteroatoms. The van der Waals surface area contributed by atoms with E-state index in [1.54, 1.807) is 0 Å². The number of nitro benzene ring substituents is 1. The Kier molecular flexibility index (Phi) is 4.31. The molecule has 0 bridgehead atoms. The number of nitrogens with one attached hydrogen (secondary N) is 1. The number of hydrogen-bond donors (Lipinski definition) is 1. The maximum absolute atomic E-state index is 11.9. The molecule has 1 aromatic heterocycles. The van der Waals surface area contributed by atoms with Crippen molar-refractivity contribution in [2.45, 2.75) is 13.5 Å². The number of rotatable bonds is 4. The molecule has 0 aliphatic carbocycles. The number of aromatic nitrogens is 1. The van der Waals surface area contributed by atoms with Crippen LogP contribution in [-0.2, 0) is 6.54 Å². The minimum absolute atomic E-state index is 0.00155. The fourth-order valence-corrected chi connectivity index (χ4v) is 2.36. The van der Waals surface area contributed by atoms with Gasteiger partial charge in [-0.2, -0.15) is 0 Å². The molecule has 1 N–H and O–H groups in total. The van der Waals surface area contributed by atoms with Gasteiger partial charge >= 0.3 is 0 Å². The van der Waals surface area contributed by atoms with E-state index in [9.17, 15) is 14.9 Å². The summed E-state index contributed by atoms with van der Waals surface area (Å²) in [6.45, 7) is 2.15. The Balaban J connectivity index is 2.09. The van der Waals surface area contributed by atoms with Crippen molar-refractivity contribution in [2.24, 2.45) is 0 Å². The molecule has 0 aliphatic rings. The van der Waals surface area contributed by atoms with E-state index < -0.39 is 10.8 Å². The number of carbonyl (C=O) groups is 1. The summed E-state index contributed by atoms with van der Waals surface area (Å²) in [4.78, 5) is 26.3. The summed E-state index contributed by atoms with van der Waals surface area (Å²) in [5.74, 6) is -0.407. The van der Waals surface area contributed by atoms with Crippen LogP contribution in [0.25, 0.3) is 0 Å². The average Bonchev–Trinajstić information content (AvgIpc) is 2.82. The quantitative estimate of drug-likeness (QED) is 0.695. The summed E-state index contributed by atoms with van der Waals surface area (Å²) in [7, 11) is 0. The summed E-state index contributed by atoms with van der Waals surface area (Å²) in [6.07, 6.45) is 0. The van der Waals surface area contributed by atoms with Gasteiger partial charge in [-0.15, -0.1) is 11.3 Å². The maximum atomic E-state index is 11.9. The predicted octanol–water partition coefficient (Wildman–Crippen LogP) is 2.94. The third-order valence-corrected chi connectivity index (χ3v) is 3.64. The van der Waals surface area contributed by atoms with Crippen LogP contribution in [0.15, 0.2) is 23.6 Å². The molecule has 0 radical (unpaired) electrons. The number of nitro groups is 1. The second-order valence-corrected chi connectivity index (χ2v) is 5.43. The first-order valence-electron chi connectivity index (χ1n) is 5.60. The zero-order valence-corrected chi connectivity index (χ0v) is 12.0. The van der Waals surface area contributed by atoms with Gasteiger partial charge in [-0.3, -0.25) is 14.9 Å². The number of thiazole rings is 1. The molecule has 2 rings (SSSR count). The Hall–Kier alpha value is -1.99. The lowest BCUT2D eigenvalue weighted by molar-refractivity contribution is -0.384. The Morgan fingerprint density at radius 2 is 2.30 bits per heavy atom. The van der Waals surface area contributed by atoms with Gasteiger partial charge in [-0.25, -0.2) is 4.98 Å². The number of amides is 1. The molecule has 20 heavy (non-hydrogen) atoms. The van der Waals surface area contributed by atoms with Gasteiger partial charge in [-0.1, -0.05) is 11.6 Å². The Morgan fingerprint density at radius 1 is 1.55 bits per heavy atom. The number of aryl methyl sites for hydroxylation is 1. The molecule has 0 aliphatic heterocycles. The summed E-state index contributed by atoms with van der Waals surface area (Å²) in [5, 5.41) is 16.2. The molecule has 0 spiro atoms. The van der Waals surface area contributed by atoms with Crippen molar-refractivity contribution >= 4 is 34.5 Å². The third-order valence-electron chi connectivity index (χ3n) is 2.50. The van der Waals surface area contributed by atoms with Crippen LogP contribution in [0.5, 0.6) is 0 Å². The van der Waals surface area contributed by atoms with Crippen LogP contribution < -0.4 is 5.32 Å². The van der Waals surface area contributed by atoms with Gasteiger partial charge < -0.3 is 5.32 Å². The van der Waals surface area contributed by atoms with Crippen molar-refractivity contribution in [3.05, 3.63) is 55.0 Å². The van der Waals surface area contributed by atoms with E-state index in [1.165, 1.54) is 23.5 Å². The minimum atomic E-state index is -0.622. The molecule has 1 amide bonds. The second-order valence-electron chi connectivity index (χ2n) is 3.96. The highest BCUT2D eigenvalue weighted by Gasteiger charge is 2.16. The first-order chi connectivity index (χ1) is 9.47. The second kappa shape index (κ2) is 5.98. The topological polar surface area (TPSA) is 85.1 Å². The van der Waals surface area contributed by atoms with Crippen LogP contribution in [0.2, 0.25) is 5.02 Å². The van der Waals surface area contributed by atoms with Crippen molar-refractivity contribution in [3.8, 4) is 0 Å². The van der Waals surface area contributed by atoms with Gasteiger partial charge in [0.2, 0.25) is 0 Å². The van der Waals surface area contributed by atoms with E-state index in [2.05, 4.69) is 10.3 Å². The molecular formula is C12H10ClN3O3S. The summed E-state index contributed by atoms with van der Waals surface area (Å²) < 4.78 is 0. The summed E-state index contributed by atoms with van der Waals surface area (Å²) >= 11 is 7.18. The van der Waals surface area contributed by atoms with E-state index in [0.717, 1.165) is 16.8 Å². The Bertz CT molecular complexity index is 672. The average molecular weight is 312 g/mol. The maximum Gasteiger partial charge on any atom is 0.288 e. The largest absolute Gasteiger partial charge is 0.346 e. The molecule has 0 saturated heterocycles. The summed E-state index contributed by atoms with van der Waals surface area (Å²) in [5.41, 5.74) is 0.654. The SMILES string of the molecule is Cc1nc(CNC(=O)c2ccc(Cl)c([N+](=O)[O-])c2)cs1. The number of carbonyl (C=O) groups excluding carboxylic acids is 1. The van der Waals surface area contributed by atoms with Crippen LogP contribution >= 0.6 is 22.9 Å². The predicted molar refractivity (Wildman–Crippen MR) is 76.1 cm³/mol. The van der Waals surface area contributed by atoms with E-state index in [1.807, 2.05) is 12.3 Å². The summed E-state index contributed by atoms with van der Waals surface area (Å²) in [6, 6.07) is 3.93. The van der Waals surface area contributed by atoms with Gasteiger partial charge in [0.1, 0.15) is 5.02 Å². The van der Waals surface area contributed by atoms with E-state index >= 15 is 0 Å². The minimum Gasteiger partial charge on any atom is -0.346 e. The molecular weight excluding hydrogens is 302 g/mol. The molecule has 0 saturated carbocycles. The lowest BCUT2D eigenvalue weighted by Gasteiger charge is -2.04. The Labute approximate surface area is 123 Å². The molecule has 2 aromatic rings. The number of nitrogens with zero attached hydrogens (tertiary/aromatic N) is 2. The van der Waals surface area contributed by atoms with E-state index in [4.69, 9.17) is 11.6 Å². The zero-order chi connectivity index (χ0) is 14.7. The highest BCUT2D eigenvalue weighted by atomic mass is 35.5. The molecule has 1 heterocycles. The highest BCUT2D eigenvalue weighted by molar-refractivity contribution is 7.09. The molecule has 0 fully saturated rings. The van der Waals surface area contributed by atoms with Crippen LogP contribution in [0.3, 0.4) is 0 Å². The zero-order valence-electron chi connectivity index (χ0n) is 10.4. The van der Waals surface area contributed by atoms with Crippen LogP contribution in [0.1, 0.15) is 21.1 Å². The van der Waals surface area contributed by atoms with E-state index in [-0.39, 0.29) is 22.8 Å². The molecule has 0 unspecified atom stereocenters. The molecule has 1 aromatic carbocycles. The number of halogens is 1.